The molecule has 0 saturated carbocycles. The minimum atomic E-state index is 0.205. The van der Waals surface area contributed by atoms with Crippen LogP contribution in [0.3, 0.4) is 0 Å². The van der Waals surface area contributed by atoms with Crippen molar-refractivity contribution in [2.24, 2.45) is 0 Å². The van der Waals surface area contributed by atoms with E-state index < -0.39 is 0 Å². The summed E-state index contributed by atoms with van der Waals surface area (Å²) in [7, 11) is 1.67. The predicted molar refractivity (Wildman–Crippen MR) is 90.8 cm³/mol. The van der Waals surface area contributed by atoms with Crippen LogP contribution in [0.5, 0.6) is 5.75 Å². The smallest absolute Gasteiger partial charge is 0.236 e. The van der Waals surface area contributed by atoms with Crippen molar-refractivity contribution in [3.8, 4) is 5.75 Å². The van der Waals surface area contributed by atoms with E-state index in [4.69, 9.17) is 9.47 Å². The highest BCUT2D eigenvalue weighted by Crippen LogP contribution is 2.15. The molecular formula is C18H28N2O3. The van der Waals surface area contributed by atoms with Crippen LogP contribution < -0.4 is 4.74 Å². The van der Waals surface area contributed by atoms with E-state index in [0.717, 1.165) is 18.7 Å². The van der Waals surface area contributed by atoms with Crippen molar-refractivity contribution < 1.29 is 14.3 Å². The summed E-state index contributed by atoms with van der Waals surface area (Å²) in [6, 6.07) is 8.47. The van der Waals surface area contributed by atoms with Gasteiger partial charge in [-0.25, -0.2) is 0 Å². The molecule has 1 aliphatic rings. The van der Waals surface area contributed by atoms with E-state index in [1.807, 2.05) is 17.0 Å². The lowest BCUT2D eigenvalue weighted by atomic mass is 10.1. The predicted octanol–water partition coefficient (Wildman–Crippen LogP) is 1.81. The van der Waals surface area contributed by atoms with Crippen molar-refractivity contribution in [3.63, 3.8) is 0 Å². The highest BCUT2D eigenvalue weighted by molar-refractivity contribution is 5.78. The minimum Gasteiger partial charge on any atom is -0.497 e. The van der Waals surface area contributed by atoms with E-state index in [1.54, 1.807) is 7.11 Å². The van der Waals surface area contributed by atoms with E-state index >= 15 is 0 Å². The summed E-state index contributed by atoms with van der Waals surface area (Å²) in [5, 5.41) is 0. The van der Waals surface area contributed by atoms with Gasteiger partial charge in [-0.1, -0.05) is 19.1 Å². The number of ether oxygens (including phenoxy) is 2. The lowest BCUT2D eigenvalue weighted by Gasteiger charge is -2.32. The van der Waals surface area contributed by atoms with E-state index in [9.17, 15) is 4.79 Å². The van der Waals surface area contributed by atoms with Crippen LogP contribution in [0.2, 0.25) is 0 Å². The molecule has 1 atom stereocenters. The van der Waals surface area contributed by atoms with Gasteiger partial charge in [0.2, 0.25) is 5.91 Å². The van der Waals surface area contributed by atoms with Gasteiger partial charge in [0.25, 0.3) is 0 Å². The van der Waals surface area contributed by atoms with Gasteiger partial charge in [0, 0.05) is 19.1 Å². The Kier molecular flexibility index (Phi) is 6.86. The van der Waals surface area contributed by atoms with Crippen molar-refractivity contribution in [2.75, 3.05) is 46.5 Å². The molecule has 5 nitrogen and oxygen atoms in total. The summed E-state index contributed by atoms with van der Waals surface area (Å²) in [6.45, 7) is 8.36. The molecule has 1 aliphatic heterocycles. The maximum atomic E-state index is 12.4. The molecule has 1 fully saturated rings. The molecule has 1 amide bonds. The summed E-state index contributed by atoms with van der Waals surface area (Å²) in [4.78, 5) is 16.6. The third-order valence-corrected chi connectivity index (χ3v) is 4.42. The van der Waals surface area contributed by atoms with Gasteiger partial charge >= 0.3 is 0 Å². The van der Waals surface area contributed by atoms with Crippen LogP contribution in [-0.4, -0.2) is 68.3 Å². The fourth-order valence-corrected chi connectivity index (χ4v) is 2.90. The number of benzene rings is 1. The van der Waals surface area contributed by atoms with Crippen LogP contribution in [0.1, 0.15) is 19.4 Å². The van der Waals surface area contributed by atoms with Gasteiger partial charge < -0.3 is 14.4 Å². The third-order valence-electron chi connectivity index (χ3n) is 4.42. The number of likely N-dealkylation sites (N-methyl/N-ethyl adjacent to an activating group) is 1. The molecule has 0 aliphatic carbocycles. The van der Waals surface area contributed by atoms with Gasteiger partial charge in [-0.15, -0.1) is 0 Å². The van der Waals surface area contributed by atoms with Gasteiger partial charge in [0.15, 0.2) is 0 Å². The highest BCUT2D eigenvalue weighted by Gasteiger charge is 2.21. The van der Waals surface area contributed by atoms with Gasteiger partial charge in [0.05, 0.1) is 26.9 Å². The number of amides is 1. The maximum Gasteiger partial charge on any atom is 0.236 e. The second-order valence-electron chi connectivity index (χ2n) is 5.96. The molecule has 0 radical (unpaired) electrons. The Labute approximate surface area is 139 Å². The SMILES string of the molecule is CCN(CC(=O)N1CCOCC1)[C@@H](C)Cc1ccc(OC)cc1. The first-order chi connectivity index (χ1) is 11.1. The van der Waals surface area contributed by atoms with Crippen LogP contribution in [0, 0.1) is 0 Å². The van der Waals surface area contributed by atoms with Crippen molar-refractivity contribution in [1.82, 2.24) is 9.80 Å². The summed E-state index contributed by atoms with van der Waals surface area (Å²) in [5.74, 6) is 1.08. The number of carbonyl (C=O) groups excluding carboxylic acids is 1. The molecule has 1 heterocycles. The summed E-state index contributed by atoms with van der Waals surface area (Å²) in [6.07, 6.45) is 0.925. The monoisotopic (exact) mass is 320 g/mol. The summed E-state index contributed by atoms with van der Waals surface area (Å²) < 4.78 is 10.5. The lowest BCUT2D eigenvalue weighted by Crippen LogP contribution is -2.47. The van der Waals surface area contributed by atoms with Crippen LogP contribution in [0.15, 0.2) is 24.3 Å². The molecular weight excluding hydrogens is 292 g/mol. The van der Waals surface area contributed by atoms with Gasteiger partial charge in [-0.3, -0.25) is 9.69 Å². The van der Waals surface area contributed by atoms with Crippen molar-refractivity contribution in [2.45, 2.75) is 26.3 Å². The Morgan fingerprint density at radius 1 is 1.30 bits per heavy atom. The second-order valence-corrected chi connectivity index (χ2v) is 5.96. The number of hydrogen-bond donors (Lipinski definition) is 0. The van der Waals surface area contributed by atoms with E-state index in [2.05, 4.69) is 30.9 Å². The Morgan fingerprint density at radius 2 is 1.96 bits per heavy atom. The van der Waals surface area contributed by atoms with Crippen LogP contribution in [0.25, 0.3) is 0 Å². The Hall–Kier alpha value is -1.59. The van der Waals surface area contributed by atoms with Crippen molar-refractivity contribution >= 4 is 5.91 Å². The van der Waals surface area contributed by atoms with Crippen LogP contribution in [0.4, 0.5) is 0 Å². The molecule has 1 aromatic carbocycles. The first-order valence-electron chi connectivity index (χ1n) is 8.36. The molecule has 1 saturated heterocycles. The van der Waals surface area contributed by atoms with Gasteiger partial charge in [0.1, 0.15) is 5.75 Å². The Bertz CT molecular complexity index is 484. The Morgan fingerprint density at radius 3 is 2.52 bits per heavy atom. The topological polar surface area (TPSA) is 42.0 Å². The molecule has 128 valence electrons. The van der Waals surface area contributed by atoms with Crippen molar-refractivity contribution in [1.29, 1.82) is 0 Å². The van der Waals surface area contributed by atoms with Crippen molar-refractivity contribution in [3.05, 3.63) is 29.8 Å². The number of methoxy groups -OCH3 is 1. The normalized spacial score (nSPS) is 16.4. The molecule has 23 heavy (non-hydrogen) atoms. The average molecular weight is 320 g/mol. The highest BCUT2D eigenvalue weighted by atomic mass is 16.5. The lowest BCUT2D eigenvalue weighted by molar-refractivity contribution is -0.136. The molecule has 0 N–H and O–H groups in total. The molecule has 2 rings (SSSR count). The first-order valence-corrected chi connectivity index (χ1v) is 8.36. The van der Waals surface area contributed by atoms with Gasteiger partial charge in [-0.2, -0.15) is 0 Å². The summed E-state index contributed by atoms with van der Waals surface area (Å²) >= 11 is 0. The number of nitrogens with zero attached hydrogens (tertiary/aromatic N) is 2. The first kappa shape index (κ1) is 17.8. The number of morpholine rings is 1. The maximum absolute atomic E-state index is 12.4. The zero-order valence-corrected chi connectivity index (χ0v) is 14.5. The average Bonchev–Trinajstić information content (AvgIpc) is 2.60. The molecule has 0 aromatic heterocycles. The number of rotatable bonds is 7. The molecule has 0 bridgehead atoms. The van der Waals surface area contributed by atoms with E-state index in [1.165, 1.54) is 5.56 Å². The fraction of sp³-hybridized carbons (Fsp3) is 0.611. The van der Waals surface area contributed by atoms with Crippen LogP contribution in [-0.2, 0) is 16.0 Å². The fourth-order valence-electron chi connectivity index (χ4n) is 2.90. The molecule has 0 spiro atoms. The Balaban J connectivity index is 1.89. The molecule has 1 aromatic rings. The molecule has 0 unspecified atom stereocenters. The zero-order chi connectivity index (χ0) is 16.7. The van der Waals surface area contributed by atoms with E-state index in [-0.39, 0.29) is 5.91 Å². The molecule has 5 heteroatoms. The number of carbonyl (C=O) groups is 1. The van der Waals surface area contributed by atoms with E-state index in [0.29, 0.717) is 38.9 Å². The largest absolute Gasteiger partial charge is 0.497 e. The second kappa shape index (κ2) is 8.89. The zero-order valence-electron chi connectivity index (χ0n) is 14.5. The van der Waals surface area contributed by atoms with Gasteiger partial charge in [-0.05, 0) is 37.6 Å². The summed E-state index contributed by atoms with van der Waals surface area (Å²) in [5.41, 5.74) is 1.26. The van der Waals surface area contributed by atoms with Crippen LogP contribution >= 0.6 is 0 Å². The minimum absolute atomic E-state index is 0.205. The number of hydrogen-bond acceptors (Lipinski definition) is 4. The quantitative estimate of drug-likeness (QED) is 0.768. The standard InChI is InChI=1S/C18H28N2O3/c1-4-19(14-18(21)20-9-11-23-12-10-20)15(2)13-16-5-7-17(22-3)8-6-16/h5-8,15H,4,9-14H2,1-3H3/t15-/m0/s1. The third kappa shape index (κ3) is 5.22.